The van der Waals surface area contributed by atoms with Crippen molar-refractivity contribution < 1.29 is 14.3 Å². The highest BCUT2D eigenvalue weighted by Gasteiger charge is 2.37. The lowest BCUT2D eigenvalue weighted by atomic mass is 9.86. The van der Waals surface area contributed by atoms with Crippen molar-refractivity contribution in [1.82, 2.24) is 35.6 Å². The number of hydrogen-bond donors (Lipinski definition) is 4. The molecule has 0 radical (unpaired) electrons. The van der Waals surface area contributed by atoms with Gasteiger partial charge in [0.05, 0.1) is 5.71 Å². The maximum atomic E-state index is 12.5. The molecule has 5 aliphatic rings. The lowest BCUT2D eigenvalue weighted by Gasteiger charge is -2.46. The van der Waals surface area contributed by atoms with Gasteiger partial charge >= 0.3 is 6.09 Å². The number of nitrogens with zero attached hydrogens (tertiary/aromatic N) is 5. The van der Waals surface area contributed by atoms with Gasteiger partial charge in [0.2, 0.25) is 0 Å². The molecule has 45 heavy (non-hydrogen) atoms. The van der Waals surface area contributed by atoms with Crippen LogP contribution in [0.2, 0.25) is 0 Å². The minimum absolute atomic E-state index is 0.0249. The van der Waals surface area contributed by atoms with Gasteiger partial charge in [0.15, 0.2) is 5.70 Å². The molecule has 0 aromatic carbocycles. The first-order chi connectivity index (χ1) is 21.4. The van der Waals surface area contributed by atoms with Crippen LogP contribution in [-0.2, 0) is 9.53 Å². The van der Waals surface area contributed by atoms with Crippen LogP contribution in [0.5, 0.6) is 0 Å². The fourth-order valence-corrected chi connectivity index (χ4v) is 7.61. The molecule has 2 amide bonds. The Balaban J connectivity index is 1.18. The van der Waals surface area contributed by atoms with Crippen molar-refractivity contribution in [1.29, 1.82) is 0 Å². The molecule has 252 valence electrons. The van der Waals surface area contributed by atoms with Crippen molar-refractivity contribution in [2.45, 2.75) is 103 Å². The number of primary amides is 1. The SMILES string of the molecule is CCC1=NC(C(N)=O)=C(NC2=CCC(N3CCC(N4CCN(C)CC4)CC3)C(C)C2)NC1N1CC[C@H](NC(=O)OC(C)(C)C)C1. The van der Waals surface area contributed by atoms with Gasteiger partial charge in [-0.25, -0.2) is 9.79 Å². The molecular formula is C33H57N9O3. The summed E-state index contributed by atoms with van der Waals surface area (Å²) in [5, 5.41) is 10.1. The van der Waals surface area contributed by atoms with Crippen LogP contribution < -0.4 is 21.7 Å². The Labute approximate surface area is 269 Å². The highest BCUT2D eigenvalue weighted by Crippen LogP contribution is 2.31. The zero-order chi connectivity index (χ0) is 32.3. The van der Waals surface area contributed by atoms with E-state index in [9.17, 15) is 9.59 Å². The second-order valence-electron chi connectivity index (χ2n) is 14.7. The van der Waals surface area contributed by atoms with E-state index in [1.807, 2.05) is 27.7 Å². The van der Waals surface area contributed by atoms with Gasteiger partial charge in [-0.3, -0.25) is 19.5 Å². The van der Waals surface area contributed by atoms with Crippen LogP contribution in [0.3, 0.4) is 0 Å². The number of likely N-dealkylation sites (N-methyl/N-ethyl adjacent to an activating group) is 1. The Kier molecular flexibility index (Phi) is 10.8. The quantitative estimate of drug-likeness (QED) is 0.319. The highest BCUT2D eigenvalue weighted by atomic mass is 16.6. The zero-order valence-electron chi connectivity index (χ0n) is 28.4. The van der Waals surface area contributed by atoms with Gasteiger partial charge in [0, 0.05) is 63.1 Å². The minimum Gasteiger partial charge on any atom is -0.444 e. The molecule has 4 atom stereocenters. The van der Waals surface area contributed by atoms with E-state index in [-0.39, 0.29) is 17.9 Å². The summed E-state index contributed by atoms with van der Waals surface area (Å²) in [5.74, 6) is 0.506. The van der Waals surface area contributed by atoms with Crippen molar-refractivity contribution >= 4 is 17.7 Å². The predicted octanol–water partition coefficient (Wildman–Crippen LogP) is 2.00. The van der Waals surface area contributed by atoms with Crippen molar-refractivity contribution in [3.63, 3.8) is 0 Å². The van der Waals surface area contributed by atoms with Crippen LogP contribution in [0.4, 0.5) is 4.79 Å². The number of amides is 2. The number of nitrogens with two attached hydrogens (primary N) is 1. The maximum Gasteiger partial charge on any atom is 0.407 e. The summed E-state index contributed by atoms with van der Waals surface area (Å²) in [5.41, 5.74) is 7.50. The molecule has 3 unspecified atom stereocenters. The molecule has 0 spiro atoms. The maximum absolute atomic E-state index is 12.5. The number of aliphatic imine (C=N–C) groups is 1. The number of carbonyl (C=O) groups is 2. The number of alkyl carbamates (subject to hydrolysis) is 1. The van der Waals surface area contributed by atoms with Crippen molar-refractivity contribution in [3.8, 4) is 0 Å². The molecule has 4 aliphatic heterocycles. The number of carbonyl (C=O) groups excluding carboxylic acids is 2. The molecule has 5 rings (SSSR count). The fraction of sp³-hybridized carbons (Fsp3) is 0.788. The minimum atomic E-state index is -0.550. The molecule has 1 aliphatic carbocycles. The molecule has 3 fully saturated rings. The van der Waals surface area contributed by atoms with Gasteiger partial charge in [-0.2, -0.15) is 0 Å². The summed E-state index contributed by atoms with van der Waals surface area (Å²) >= 11 is 0. The lowest BCUT2D eigenvalue weighted by molar-refractivity contribution is -0.114. The molecule has 4 heterocycles. The molecular weight excluding hydrogens is 570 g/mol. The second kappa shape index (κ2) is 14.4. The van der Waals surface area contributed by atoms with Crippen LogP contribution >= 0.6 is 0 Å². The van der Waals surface area contributed by atoms with E-state index in [1.54, 1.807) is 0 Å². The third kappa shape index (κ3) is 8.58. The van der Waals surface area contributed by atoms with Crippen molar-refractivity contribution in [2.24, 2.45) is 16.6 Å². The summed E-state index contributed by atoms with van der Waals surface area (Å²) in [6, 6.07) is 1.23. The third-order valence-electron chi connectivity index (χ3n) is 10.1. The van der Waals surface area contributed by atoms with E-state index < -0.39 is 17.6 Å². The monoisotopic (exact) mass is 627 g/mol. The molecule has 3 saturated heterocycles. The van der Waals surface area contributed by atoms with Crippen molar-refractivity contribution in [2.75, 3.05) is 59.4 Å². The lowest BCUT2D eigenvalue weighted by Crippen LogP contribution is -2.55. The summed E-state index contributed by atoms with van der Waals surface area (Å²) in [7, 11) is 2.22. The van der Waals surface area contributed by atoms with Crippen LogP contribution in [0, 0.1) is 5.92 Å². The Hall–Kier alpha value is -2.67. The molecule has 5 N–H and O–H groups in total. The molecule has 12 nitrogen and oxygen atoms in total. The molecule has 0 aromatic rings. The molecule has 0 bridgehead atoms. The average Bonchev–Trinajstić information content (AvgIpc) is 3.44. The van der Waals surface area contributed by atoms with Gasteiger partial charge in [0.25, 0.3) is 5.91 Å². The molecule has 0 saturated carbocycles. The second-order valence-corrected chi connectivity index (χ2v) is 14.7. The predicted molar refractivity (Wildman–Crippen MR) is 177 cm³/mol. The van der Waals surface area contributed by atoms with Crippen LogP contribution in [-0.4, -0.2) is 127 Å². The fourth-order valence-electron chi connectivity index (χ4n) is 7.61. The van der Waals surface area contributed by atoms with E-state index in [0.29, 0.717) is 30.7 Å². The van der Waals surface area contributed by atoms with Crippen LogP contribution in [0.1, 0.15) is 73.1 Å². The standard InChI is InChI=1S/C33H57N9O3/c1-7-26-31(42-13-10-24(21-42)36-32(44)45-33(3,4)5)38-30(28(37-26)29(34)43)35-23-8-9-27(22(2)20-23)41-14-11-25(12-15-41)40-18-16-39(6)17-19-40/h8,22,24-25,27,31,35,38H,7,9-21H2,1-6H3,(H2,34,43)(H,36,44)/t22?,24-,27?,31?/m0/s1. The first-order valence-corrected chi connectivity index (χ1v) is 17.1. The number of rotatable bonds is 8. The Morgan fingerprint density at radius 2 is 1.73 bits per heavy atom. The first-order valence-electron chi connectivity index (χ1n) is 17.1. The van der Waals surface area contributed by atoms with Crippen LogP contribution in [0.15, 0.2) is 28.3 Å². The van der Waals surface area contributed by atoms with Crippen molar-refractivity contribution in [3.05, 3.63) is 23.3 Å². The van der Waals surface area contributed by atoms with Gasteiger partial charge in [-0.15, -0.1) is 0 Å². The first kappa shape index (κ1) is 33.7. The third-order valence-corrected chi connectivity index (χ3v) is 10.1. The number of ether oxygens (including phenoxy) is 1. The zero-order valence-corrected chi connectivity index (χ0v) is 28.4. The summed E-state index contributed by atoms with van der Waals surface area (Å²) in [6.45, 7) is 18.5. The van der Waals surface area contributed by atoms with E-state index in [2.05, 4.69) is 55.6 Å². The number of nitrogens with one attached hydrogen (secondary N) is 3. The number of piperidine rings is 1. The average molecular weight is 628 g/mol. The highest BCUT2D eigenvalue weighted by molar-refractivity contribution is 6.00. The van der Waals surface area contributed by atoms with E-state index in [1.165, 1.54) is 39.0 Å². The summed E-state index contributed by atoms with van der Waals surface area (Å²) < 4.78 is 5.46. The largest absolute Gasteiger partial charge is 0.444 e. The van der Waals surface area contributed by atoms with E-state index in [0.717, 1.165) is 56.3 Å². The van der Waals surface area contributed by atoms with Gasteiger partial charge < -0.3 is 31.3 Å². The molecule has 0 aromatic heterocycles. The van der Waals surface area contributed by atoms with Crippen LogP contribution in [0.25, 0.3) is 0 Å². The Morgan fingerprint density at radius 3 is 2.36 bits per heavy atom. The van der Waals surface area contributed by atoms with Gasteiger partial charge in [-0.05, 0) is 85.4 Å². The molecule has 12 heteroatoms. The van der Waals surface area contributed by atoms with E-state index >= 15 is 0 Å². The number of allylic oxidation sites excluding steroid dienone is 1. The topological polar surface area (TPSA) is 131 Å². The normalized spacial score (nSPS) is 30.0. The smallest absolute Gasteiger partial charge is 0.407 e. The summed E-state index contributed by atoms with van der Waals surface area (Å²) in [4.78, 5) is 39.8. The Morgan fingerprint density at radius 1 is 1.04 bits per heavy atom. The Bertz CT molecular complexity index is 1160. The van der Waals surface area contributed by atoms with Gasteiger partial charge in [0.1, 0.15) is 17.6 Å². The number of likely N-dealkylation sites (tertiary alicyclic amines) is 2. The summed E-state index contributed by atoms with van der Waals surface area (Å²) in [6.07, 6.45) is 7.59. The number of piperazine rings is 1. The van der Waals surface area contributed by atoms with E-state index in [4.69, 9.17) is 15.5 Å². The number of hydrogen-bond acceptors (Lipinski definition) is 10. The van der Waals surface area contributed by atoms with Gasteiger partial charge in [-0.1, -0.05) is 19.9 Å².